The Morgan fingerprint density at radius 1 is 1.09 bits per heavy atom. The minimum Gasteiger partial charge on any atom is -0.507 e. The highest BCUT2D eigenvalue weighted by Crippen LogP contribution is 2.57. The summed E-state index contributed by atoms with van der Waals surface area (Å²) in [6.45, 7) is 9.14. The van der Waals surface area contributed by atoms with E-state index in [-0.39, 0.29) is 11.3 Å². The third kappa shape index (κ3) is 4.22. The minimum absolute atomic E-state index is 0.0758. The number of phenolic OH excluding ortho intramolecular Hbond substituents is 1. The first-order valence-electron chi connectivity index (χ1n) is 14.8. The molecule has 4 aliphatic rings. The number of carbonyl (C=O) groups excluding carboxylic acids is 6. The summed E-state index contributed by atoms with van der Waals surface area (Å²) in [6, 6.07) is 0.383. The lowest BCUT2D eigenvalue weighted by Crippen LogP contribution is -2.78. The number of ketones is 4. The summed E-state index contributed by atoms with van der Waals surface area (Å²) in [5, 5.41) is 23.6. The van der Waals surface area contributed by atoms with Gasteiger partial charge in [-0.25, -0.2) is 0 Å². The van der Waals surface area contributed by atoms with Crippen LogP contribution in [0.25, 0.3) is 0 Å². The van der Waals surface area contributed by atoms with Gasteiger partial charge in [0, 0.05) is 11.5 Å². The van der Waals surface area contributed by atoms with E-state index >= 15 is 0 Å². The van der Waals surface area contributed by atoms with Crippen LogP contribution in [0.2, 0.25) is 0 Å². The first kappa shape index (κ1) is 31.0. The van der Waals surface area contributed by atoms with E-state index in [1.165, 1.54) is 19.0 Å². The standard InChI is InChI=1S/C32H40N2O9/c1-12-11-15(31(3,4)5)23(35)18-16(12)13(2)17-19(24(18)36)27(38)32(42)21(26(17)43-30(41)14-9-8-10-14)22(34(6)7)25(37)20(28(32)39)29(33)40/h11,13-14,17,19-22,26,35,42H,8-10H2,1-7H3,(H2,33,40)/t13-,17+,19?,20?,21+,22-,26-,32-/m0/s1. The van der Waals surface area contributed by atoms with Gasteiger partial charge in [-0.05, 0) is 56.3 Å². The average molecular weight is 597 g/mol. The lowest BCUT2D eigenvalue weighted by molar-refractivity contribution is -0.208. The van der Waals surface area contributed by atoms with Crippen LogP contribution >= 0.6 is 0 Å². The van der Waals surface area contributed by atoms with Crippen molar-refractivity contribution in [3.63, 3.8) is 0 Å². The molecule has 0 heterocycles. The molecule has 0 radical (unpaired) electrons. The molecular formula is C32H40N2O9. The molecule has 5 rings (SSSR count). The number of fused-ring (bicyclic) bond motifs is 3. The highest BCUT2D eigenvalue weighted by atomic mass is 16.5. The number of phenols is 1. The number of aromatic hydroxyl groups is 1. The first-order chi connectivity index (χ1) is 19.9. The van der Waals surface area contributed by atoms with Crippen molar-refractivity contribution >= 4 is 35.0 Å². The fourth-order valence-electron chi connectivity index (χ4n) is 7.95. The van der Waals surface area contributed by atoms with Crippen LogP contribution in [-0.4, -0.2) is 82.0 Å². The molecule has 1 amide bonds. The van der Waals surface area contributed by atoms with Crippen LogP contribution in [0.5, 0.6) is 5.75 Å². The third-order valence-electron chi connectivity index (χ3n) is 10.3. The highest BCUT2D eigenvalue weighted by Gasteiger charge is 2.74. The fraction of sp³-hybridized carbons (Fsp3) is 0.625. The molecular weight excluding hydrogens is 556 g/mol. The van der Waals surface area contributed by atoms with Gasteiger partial charge >= 0.3 is 5.97 Å². The van der Waals surface area contributed by atoms with Crippen LogP contribution in [0.3, 0.4) is 0 Å². The molecule has 0 saturated heterocycles. The summed E-state index contributed by atoms with van der Waals surface area (Å²) in [5.74, 6) is -14.2. The van der Waals surface area contributed by atoms with E-state index in [0.29, 0.717) is 29.5 Å². The molecule has 43 heavy (non-hydrogen) atoms. The molecule has 4 aliphatic carbocycles. The molecule has 3 saturated carbocycles. The monoisotopic (exact) mass is 596 g/mol. The van der Waals surface area contributed by atoms with Crippen LogP contribution in [0.1, 0.15) is 79.9 Å². The van der Waals surface area contributed by atoms with E-state index < -0.39 is 93.7 Å². The molecule has 1 aromatic carbocycles. The zero-order chi connectivity index (χ0) is 32.1. The Kier molecular flexibility index (Phi) is 7.25. The fourth-order valence-corrected chi connectivity index (χ4v) is 7.95. The Balaban J connectivity index is 1.79. The number of aliphatic hydroxyl groups is 1. The number of rotatable bonds is 4. The van der Waals surface area contributed by atoms with Crippen LogP contribution in [-0.2, 0) is 34.1 Å². The first-order valence-corrected chi connectivity index (χ1v) is 14.8. The van der Waals surface area contributed by atoms with E-state index in [4.69, 9.17) is 10.5 Å². The van der Waals surface area contributed by atoms with E-state index in [1.807, 2.05) is 20.8 Å². The van der Waals surface area contributed by atoms with Gasteiger partial charge in [-0.1, -0.05) is 40.2 Å². The number of nitrogens with two attached hydrogens (primary N) is 1. The molecule has 0 aliphatic heterocycles. The maximum absolute atomic E-state index is 14.4. The quantitative estimate of drug-likeness (QED) is 0.339. The molecule has 3 fully saturated rings. The van der Waals surface area contributed by atoms with E-state index in [2.05, 4.69) is 0 Å². The number of ether oxygens (including phenoxy) is 1. The van der Waals surface area contributed by atoms with Crippen molar-refractivity contribution in [2.75, 3.05) is 14.1 Å². The van der Waals surface area contributed by atoms with Crippen molar-refractivity contribution in [3.05, 3.63) is 28.3 Å². The number of benzene rings is 1. The summed E-state index contributed by atoms with van der Waals surface area (Å²) >= 11 is 0. The van der Waals surface area contributed by atoms with Crippen molar-refractivity contribution < 1.29 is 43.7 Å². The summed E-state index contributed by atoms with van der Waals surface area (Å²) in [7, 11) is 2.97. The maximum atomic E-state index is 14.4. The Hall–Kier alpha value is -3.44. The number of hydrogen-bond donors (Lipinski definition) is 3. The number of esters is 1. The number of carbonyl (C=O) groups is 6. The number of primary amides is 1. The molecule has 11 nitrogen and oxygen atoms in total. The van der Waals surface area contributed by atoms with Crippen LogP contribution in [0, 0.1) is 36.5 Å². The Labute approximate surface area is 250 Å². The van der Waals surface area contributed by atoms with Gasteiger partial charge in [0.15, 0.2) is 34.7 Å². The van der Waals surface area contributed by atoms with Gasteiger partial charge < -0.3 is 20.7 Å². The van der Waals surface area contributed by atoms with Gasteiger partial charge in [0.05, 0.1) is 29.4 Å². The molecule has 0 spiro atoms. The molecule has 2 unspecified atom stereocenters. The second-order valence-electron chi connectivity index (χ2n) is 14.0. The predicted molar refractivity (Wildman–Crippen MR) is 152 cm³/mol. The van der Waals surface area contributed by atoms with Crippen molar-refractivity contribution in [3.8, 4) is 5.75 Å². The van der Waals surface area contributed by atoms with E-state index in [1.54, 1.807) is 19.9 Å². The van der Waals surface area contributed by atoms with Crippen molar-refractivity contribution in [2.45, 2.75) is 83.0 Å². The summed E-state index contributed by atoms with van der Waals surface area (Å²) in [4.78, 5) is 83.5. The third-order valence-corrected chi connectivity index (χ3v) is 10.3. The van der Waals surface area contributed by atoms with Gasteiger partial charge in [0.25, 0.3) is 0 Å². The molecule has 0 aromatic heterocycles. The molecule has 8 atom stereocenters. The SMILES string of the molecule is Cc1cc(C(C)(C)C)c(O)c2c1[C@H](C)[C@@H]1C(C2=O)C(=O)[C@]2(O)C(=O)C(C(N)=O)C(=O)[C@@H](N(C)C)[C@@H]2[C@H]1OC(=O)C1CCC1. The van der Waals surface area contributed by atoms with Gasteiger partial charge in [-0.15, -0.1) is 0 Å². The number of aryl methyl sites for hydroxylation is 1. The molecule has 0 bridgehead atoms. The number of hydrogen-bond acceptors (Lipinski definition) is 10. The average Bonchev–Trinajstić information content (AvgIpc) is 2.84. The molecule has 11 heteroatoms. The zero-order valence-corrected chi connectivity index (χ0v) is 25.6. The minimum atomic E-state index is -3.03. The van der Waals surface area contributed by atoms with Crippen molar-refractivity contribution in [2.24, 2.45) is 35.3 Å². The number of Topliss-reactive ketones (excluding diaryl/α,β-unsaturated/α-hetero) is 4. The molecule has 4 N–H and O–H groups in total. The Morgan fingerprint density at radius 2 is 1.70 bits per heavy atom. The van der Waals surface area contributed by atoms with Crippen LogP contribution < -0.4 is 5.73 Å². The topological polar surface area (TPSA) is 181 Å². The lowest BCUT2D eigenvalue weighted by atomic mass is 9.49. The largest absolute Gasteiger partial charge is 0.507 e. The van der Waals surface area contributed by atoms with Gasteiger partial charge in [-0.2, -0.15) is 0 Å². The molecule has 232 valence electrons. The van der Waals surface area contributed by atoms with Crippen LogP contribution in [0.4, 0.5) is 0 Å². The predicted octanol–water partition coefficient (Wildman–Crippen LogP) is 1.36. The Morgan fingerprint density at radius 3 is 2.19 bits per heavy atom. The van der Waals surface area contributed by atoms with Crippen molar-refractivity contribution in [1.82, 2.24) is 4.90 Å². The van der Waals surface area contributed by atoms with E-state index in [0.717, 1.165) is 6.42 Å². The highest BCUT2D eigenvalue weighted by molar-refractivity contribution is 6.32. The van der Waals surface area contributed by atoms with Crippen LogP contribution in [0.15, 0.2) is 6.07 Å². The number of likely N-dealkylation sites (N-methyl/N-ethyl adjacent to an activating group) is 1. The van der Waals surface area contributed by atoms with Gasteiger partial charge in [0.2, 0.25) is 5.91 Å². The molecule has 1 aromatic rings. The summed E-state index contributed by atoms with van der Waals surface area (Å²) < 4.78 is 6.09. The summed E-state index contributed by atoms with van der Waals surface area (Å²) in [6.07, 6.45) is 0.542. The lowest BCUT2D eigenvalue weighted by Gasteiger charge is -2.57. The van der Waals surface area contributed by atoms with Gasteiger partial charge in [0.1, 0.15) is 11.9 Å². The summed E-state index contributed by atoms with van der Waals surface area (Å²) in [5.41, 5.74) is 3.41. The number of amides is 1. The second-order valence-corrected chi connectivity index (χ2v) is 14.0. The Bertz CT molecular complexity index is 1470. The number of nitrogens with zero attached hydrogens (tertiary/aromatic N) is 1. The van der Waals surface area contributed by atoms with Crippen molar-refractivity contribution in [1.29, 1.82) is 0 Å². The van der Waals surface area contributed by atoms with Gasteiger partial charge in [-0.3, -0.25) is 33.7 Å². The van der Waals surface area contributed by atoms with E-state index in [9.17, 15) is 39.0 Å². The zero-order valence-electron chi connectivity index (χ0n) is 25.6. The smallest absolute Gasteiger partial charge is 0.309 e. The maximum Gasteiger partial charge on any atom is 0.309 e. The second kappa shape index (κ2) is 10.1. The normalized spacial score (nSPS) is 34.3.